The Balaban J connectivity index is 1.49. The maximum absolute atomic E-state index is 12.6. The van der Waals surface area contributed by atoms with Crippen molar-refractivity contribution in [1.29, 1.82) is 0 Å². The van der Waals surface area contributed by atoms with Crippen molar-refractivity contribution in [1.82, 2.24) is 4.90 Å². The fourth-order valence-corrected chi connectivity index (χ4v) is 4.29. The Kier molecular flexibility index (Phi) is 3.79. The minimum atomic E-state index is -0.411. The van der Waals surface area contributed by atoms with E-state index in [0.29, 0.717) is 47.6 Å². The van der Waals surface area contributed by atoms with Crippen LogP contribution in [0.15, 0.2) is 18.2 Å². The maximum atomic E-state index is 12.6. The fraction of sp³-hybridized carbons (Fsp3) is 0.529. The van der Waals surface area contributed by atoms with Gasteiger partial charge in [-0.1, -0.05) is 18.5 Å². The Hall–Kier alpha value is -1.95. The largest absolute Gasteiger partial charge is 0.447 e. The van der Waals surface area contributed by atoms with Crippen molar-refractivity contribution in [3.05, 3.63) is 23.2 Å². The lowest BCUT2D eigenvalue weighted by molar-refractivity contribution is -0.00601. The van der Waals surface area contributed by atoms with Gasteiger partial charge in [0.2, 0.25) is 0 Å². The molecule has 128 valence electrons. The molecule has 0 aromatic heterocycles. The van der Waals surface area contributed by atoms with Crippen LogP contribution >= 0.6 is 11.6 Å². The lowest BCUT2D eigenvalue weighted by Gasteiger charge is -2.54. The lowest BCUT2D eigenvalue weighted by Crippen LogP contribution is -2.63. The molecule has 2 unspecified atom stereocenters. The first-order chi connectivity index (χ1) is 11.5. The number of amides is 3. The number of ether oxygens (including phenoxy) is 1. The van der Waals surface area contributed by atoms with E-state index in [1.807, 2.05) is 4.90 Å². The highest BCUT2D eigenvalue weighted by atomic mass is 35.5. The third-order valence-electron chi connectivity index (χ3n) is 5.16. The molecular weight excluding hydrogens is 330 g/mol. The van der Waals surface area contributed by atoms with E-state index in [2.05, 4.69) is 12.2 Å². The van der Waals surface area contributed by atoms with Crippen LogP contribution in [-0.4, -0.2) is 42.3 Å². The van der Waals surface area contributed by atoms with Crippen molar-refractivity contribution in [3.8, 4) is 0 Å². The molecule has 0 radical (unpaired) electrons. The third-order valence-corrected chi connectivity index (χ3v) is 5.48. The summed E-state index contributed by atoms with van der Waals surface area (Å²) in [5.41, 5.74) is 1.20. The van der Waals surface area contributed by atoms with Gasteiger partial charge >= 0.3 is 12.1 Å². The Morgan fingerprint density at radius 1 is 1.29 bits per heavy atom. The summed E-state index contributed by atoms with van der Waals surface area (Å²) in [6, 6.07) is 5.82. The number of piperidine rings is 1. The number of benzene rings is 1. The van der Waals surface area contributed by atoms with Gasteiger partial charge in [0.05, 0.1) is 17.3 Å². The molecule has 2 bridgehead atoms. The van der Waals surface area contributed by atoms with Crippen LogP contribution in [-0.2, 0) is 4.74 Å². The molecule has 3 atom stereocenters. The summed E-state index contributed by atoms with van der Waals surface area (Å²) < 4.78 is 4.95. The van der Waals surface area contributed by atoms with Gasteiger partial charge in [-0.25, -0.2) is 9.59 Å². The molecule has 1 saturated carbocycles. The fourth-order valence-electron chi connectivity index (χ4n) is 4.08. The van der Waals surface area contributed by atoms with Crippen LogP contribution in [0.1, 0.15) is 26.2 Å². The van der Waals surface area contributed by atoms with Gasteiger partial charge in [0.15, 0.2) is 0 Å². The summed E-state index contributed by atoms with van der Waals surface area (Å²) in [5.74, 6) is 0.695. The Morgan fingerprint density at radius 2 is 2.04 bits per heavy atom. The molecule has 4 fully saturated rings. The number of anilines is 2. The average molecular weight is 350 g/mol. The number of nitrogens with zero attached hydrogens (tertiary/aromatic N) is 2. The highest BCUT2D eigenvalue weighted by molar-refractivity contribution is 6.34. The van der Waals surface area contributed by atoms with Crippen molar-refractivity contribution in [2.24, 2.45) is 5.92 Å². The van der Waals surface area contributed by atoms with E-state index in [4.69, 9.17) is 16.3 Å². The number of rotatable bonds is 2. The molecule has 3 heterocycles. The molecule has 1 aliphatic carbocycles. The van der Waals surface area contributed by atoms with Crippen LogP contribution in [0, 0.1) is 5.92 Å². The van der Waals surface area contributed by atoms with E-state index >= 15 is 0 Å². The number of hydrogen-bond acceptors (Lipinski definition) is 3. The molecule has 1 aromatic rings. The molecular formula is C17H20ClN3O3. The minimum Gasteiger partial charge on any atom is -0.447 e. The maximum Gasteiger partial charge on any atom is 0.414 e. The first-order valence-electron chi connectivity index (χ1n) is 8.36. The monoisotopic (exact) mass is 349 g/mol. The highest BCUT2D eigenvalue weighted by Crippen LogP contribution is 2.41. The average Bonchev–Trinajstić information content (AvgIpc) is 2.94. The summed E-state index contributed by atoms with van der Waals surface area (Å²) in [6.45, 7) is 3.06. The van der Waals surface area contributed by atoms with E-state index in [0.717, 1.165) is 19.3 Å². The second-order valence-corrected chi connectivity index (χ2v) is 7.30. The SMILES string of the molecule is CC1CC2C[C@@H](C1)N2C(=O)Nc1ccc(Cl)c(N2CCOC2=O)c1. The van der Waals surface area contributed by atoms with Crippen LogP contribution in [0.3, 0.4) is 0 Å². The number of urea groups is 1. The van der Waals surface area contributed by atoms with E-state index in [9.17, 15) is 9.59 Å². The van der Waals surface area contributed by atoms with Crippen molar-refractivity contribution in [2.75, 3.05) is 23.4 Å². The normalized spacial score (nSPS) is 28.4. The summed E-state index contributed by atoms with van der Waals surface area (Å²) in [5, 5.41) is 3.40. The molecule has 0 spiro atoms. The second-order valence-electron chi connectivity index (χ2n) is 6.89. The van der Waals surface area contributed by atoms with Crippen LogP contribution in [0.5, 0.6) is 0 Å². The molecule has 4 aliphatic rings. The van der Waals surface area contributed by atoms with Gasteiger partial charge < -0.3 is 15.0 Å². The summed E-state index contributed by atoms with van der Waals surface area (Å²) >= 11 is 6.20. The molecule has 6 nitrogen and oxygen atoms in total. The molecule has 5 rings (SSSR count). The minimum absolute atomic E-state index is 0.0691. The first-order valence-corrected chi connectivity index (χ1v) is 8.74. The Morgan fingerprint density at radius 3 is 2.71 bits per heavy atom. The standard InChI is InChI=1S/C17H20ClN3O3/c1-10-6-12-9-13(7-10)21(12)16(22)19-11-2-3-14(18)15(8-11)20-4-5-24-17(20)23/h2-3,8,10,12-13H,4-7,9H2,1H3,(H,19,22)/t10?,12-,13?/m1/s1. The predicted molar refractivity (Wildman–Crippen MR) is 91.6 cm³/mol. The molecule has 1 aromatic carbocycles. The van der Waals surface area contributed by atoms with Crippen molar-refractivity contribution >= 4 is 35.1 Å². The van der Waals surface area contributed by atoms with Gasteiger partial charge in [0.1, 0.15) is 6.61 Å². The highest BCUT2D eigenvalue weighted by Gasteiger charge is 2.46. The summed E-state index contributed by atoms with van der Waals surface area (Å²) in [4.78, 5) is 27.8. The number of carbonyl (C=O) groups is 2. The number of hydrogen-bond donors (Lipinski definition) is 1. The van der Waals surface area contributed by atoms with E-state index in [1.54, 1.807) is 18.2 Å². The summed E-state index contributed by atoms with van der Waals surface area (Å²) in [6.07, 6.45) is 2.86. The number of fused-ring (bicyclic) bond motifs is 2. The molecule has 1 N–H and O–H groups in total. The van der Waals surface area contributed by atoms with Crippen molar-refractivity contribution < 1.29 is 14.3 Å². The van der Waals surface area contributed by atoms with Gasteiger partial charge in [-0.3, -0.25) is 4.90 Å². The van der Waals surface area contributed by atoms with Crippen molar-refractivity contribution in [2.45, 2.75) is 38.3 Å². The zero-order chi connectivity index (χ0) is 16.8. The van der Waals surface area contributed by atoms with Gasteiger partial charge in [0, 0.05) is 17.8 Å². The van der Waals surface area contributed by atoms with E-state index in [1.165, 1.54) is 4.90 Å². The van der Waals surface area contributed by atoms with Gasteiger partial charge in [-0.05, 0) is 43.4 Å². The van der Waals surface area contributed by atoms with Gasteiger partial charge in [-0.15, -0.1) is 0 Å². The smallest absolute Gasteiger partial charge is 0.414 e. The number of nitrogens with one attached hydrogen (secondary N) is 1. The number of carbonyl (C=O) groups excluding carboxylic acids is 2. The predicted octanol–water partition coefficient (Wildman–Crippen LogP) is 3.70. The molecule has 3 amide bonds. The molecule has 7 heteroatoms. The van der Waals surface area contributed by atoms with Gasteiger partial charge in [0.25, 0.3) is 0 Å². The zero-order valence-corrected chi connectivity index (χ0v) is 14.3. The van der Waals surface area contributed by atoms with E-state index < -0.39 is 6.09 Å². The molecule has 3 saturated heterocycles. The number of cyclic esters (lactones) is 1. The first kappa shape index (κ1) is 15.6. The Bertz CT molecular complexity index is 684. The molecule has 24 heavy (non-hydrogen) atoms. The zero-order valence-electron chi connectivity index (χ0n) is 13.5. The van der Waals surface area contributed by atoms with Crippen molar-refractivity contribution in [3.63, 3.8) is 0 Å². The van der Waals surface area contributed by atoms with E-state index in [-0.39, 0.29) is 6.03 Å². The Labute approximate surface area is 145 Å². The van der Waals surface area contributed by atoms with Gasteiger partial charge in [-0.2, -0.15) is 0 Å². The third kappa shape index (κ3) is 2.59. The van der Waals surface area contributed by atoms with Crippen LogP contribution in [0.2, 0.25) is 5.02 Å². The summed E-state index contributed by atoms with van der Waals surface area (Å²) in [7, 11) is 0. The quantitative estimate of drug-likeness (QED) is 0.885. The molecule has 3 aliphatic heterocycles. The van der Waals surface area contributed by atoms with Crippen LogP contribution in [0.25, 0.3) is 0 Å². The lowest BCUT2D eigenvalue weighted by atomic mass is 9.74. The second kappa shape index (κ2) is 5.84. The van der Waals surface area contributed by atoms with Crippen LogP contribution < -0.4 is 10.2 Å². The number of halogens is 1. The topological polar surface area (TPSA) is 61.9 Å². The van der Waals surface area contributed by atoms with Crippen LogP contribution in [0.4, 0.5) is 21.0 Å².